The van der Waals surface area contributed by atoms with Crippen molar-refractivity contribution in [2.24, 2.45) is 0 Å². The summed E-state index contributed by atoms with van der Waals surface area (Å²) in [6, 6.07) is 18.3. The van der Waals surface area contributed by atoms with Crippen LogP contribution in [0.25, 0.3) is 10.9 Å². The number of carbonyl (C=O) groups excluding carboxylic acids is 2. The van der Waals surface area contributed by atoms with Crippen molar-refractivity contribution in [3.8, 4) is 0 Å². The topological polar surface area (TPSA) is 57.6 Å². The van der Waals surface area contributed by atoms with Crippen LogP contribution in [0.3, 0.4) is 0 Å². The maximum atomic E-state index is 13.3. The Hall–Kier alpha value is -3.12. The van der Waals surface area contributed by atoms with Crippen molar-refractivity contribution >= 4 is 22.7 Å². The lowest BCUT2D eigenvalue weighted by molar-refractivity contribution is -0.122. The van der Waals surface area contributed by atoms with Crippen molar-refractivity contribution in [3.05, 3.63) is 71.9 Å². The van der Waals surface area contributed by atoms with Crippen LogP contribution >= 0.6 is 0 Å². The maximum absolute atomic E-state index is 13.3. The number of amides is 2. The first kappa shape index (κ1) is 19.2. The lowest BCUT2D eigenvalue weighted by atomic mass is 10.1. The molecule has 6 nitrogen and oxygen atoms in total. The van der Waals surface area contributed by atoms with Gasteiger partial charge in [-0.05, 0) is 11.6 Å². The van der Waals surface area contributed by atoms with E-state index in [4.69, 9.17) is 0 Å². The number of para-hydroxylation sites is 1. The van der Waals surface area contributed by atoms with Gasteiger partial charge in [-0.15, -0.1) is 0 Å². The third-order valence-corrected chi connectivity index (χ3v) is 5.52. The van der Waals surface area contributed by atoms with Crippen molar-refractivity contribution in [1.82, 2.24) is 19.7 Å². The van der Waals surface area contributed by atoms with Gasteiger partial charge in [0.15, 0.2) is 0 Å². The molecule has 150 valence electrons. The molecule has 0 spiro atoms. The van der Waals surface area contributed by atoms with E-state index in [1.54, 1.807) is 7.05 Å². The molecule has 1 saturated heterocycles. The lowest BCUT2D eigenvalue weighted by Crippen LogP contribution is -2.50. The molecule has 0 radical (unpaired) electrons. The van der Waals surface area contributed by atoms with Crippen LogP contribution < -0.4 is 5.32 Å². The zero-order valence-corrected chi connectivity index (χ0v) is 16.7. The fourth-order valence-corrected chi connectivity index (χ4v) is 3.89. The highest BCUT2D eigenvalue weighted by Crippen LogP contribution is 2.24. The summed E-state index contributed by atoms with van der Waals surface area (Å²) < 4.78 is 2.15. The summed E-state index contributed by atoms with van der Waals surface area (Å²) in [5.41, 5.74) is 3.02. The molecule has 1 aliphatic rings. The van der Waals surface area contributed by atoms with Crippen molar-refractivity contribution in [2.45, 2.75) is 6.54 Å². The van der Waals surface area contributed by atoms with Crippen molar-refractivity contribution < 1.29 is 9.59 Å². The second kappa shape index (κ2) is 8.49. The van der Waals surface area contributed by atoms with E-state index < -0.39 is 0 Å². The van der Waals surface area contributed by atoms with Gasteiger partial charge in [0.2, 0.25) is 5.91 Å². The number of aromatic nitrogens is 1. The Morgan fingerprint density at radius 3 is 2.34 bits per heavy atom. The molecule has 4 rings (SSSR count). The summed E-state index contributed by atoms with van der Waals surface area (Å²) in [6.07, 6.45) is 1.98. The van der Waals surface area contributed by atoms with Crippen molar-refractivity contribution in [3.63, 3.8) is 0 Å². The SMILES string of the molecule is CNC(=O)CN1CCN(C(=O)c2cn(Cc3ccccc3)c3ccccc23)CC1. The zero-order valence-electron chi connectivity index (χ0n) is 16.7. The van der Waals surface area contributed by atoms with Crippen molar-refractivity contribution in [2.75, 3.05) is 39.8 Å². The predicted molar refractivity (Wildman–Crippen MR) is 114 cm³/mol. The Morgan fingerprint density at radius 1 is 0.931 bits per heavy atom. The fraction of sp³-hybridized carbons (Fsp3) is 0.304. The van der Waals surface area contributed by atoms with Crippen LogP contribution in [0.1, 0.15) is 15.9 Å². The van der Waals surface area contributed by atoms with E-state index in [-0.39, 0.29) is 11.8 Å². The Balaban J connectivity index is 1.53. The summed E-state index contributed by atoms with van der Waals surface area (Å²) in [5, 5.41) is 3.64. The van der Waals surface area contributed by atoms with Crippen LogP contribution in [0.5, 0.6) is 0 Å². The van der Waals surface area contributed by atoms with Gasteiger partial charge in [-0.25, -0.2) is 0 Å². The van der Waals surface area contributed by atoms with Gasteiger partial charge in [0, 0.05) is 56.9 Å². The van der Waals surface area contributed by atoms with E-state index in [9.17, 15) is 9.59 Å². The molecular weight excluding hydrogens is 364 g/mol. The molecule has 3 aromatic rings. The molecule has 1 aliphatic heterocycles. The number of fused-ring (bicyclic) bond motifs is 1. The summed E-state index contributed by atoms with van der Waals surface area (Å²) in [7, 11) is 1.65. The molecule has 2 aromatic carbocycles. The maximum Gasteiger partial charge on any atom is 0.256 e. The first-order chi connectivity index (χ1) is 14.2. The number of hydrogen-bond acceptors (Lipinski definition) is 3. The molecule has 0 aliphatic carbocycles. The number of nitrogens with zero attached hydrogens (tertiary/aromatic N) is 3. The Morgan fingerprint density at radius 2 is 1.62 bits per heavy atom. The third kappa shape index (κ3) is 4.17. The van der Waals surface area contributed by atoms with Gasteiger partial charge in [0.25, 0.3) is 5.91 Å². The van der Waals surface area contributed by atoms with E-state index in [2.05, 4.69) is 33.0 Å². The number of likely N-dealkylation sites (N-methyl/N-ethyl adjacent to an activating group) is 1. The summed E-state index contributed by atoms with van der Waals surface area (Å²) in [5.74, 6) is 0.0707. The summed E-state index contributed by atoms with van der Waals surface area (Å²) in [6.45, 7) is 3.80. The molecule has 29 heavy (non-hydrogen) atoms. The van der Waals surface area contributed by atoms with Gasteiger partial charge < -0.3 is 14.8 Å². The van der Waals surface area contributed by atoms with E-state index >= 15 is 0 Å². The monoisotopic (exact) mass is 390 g/mol. The molecule has 2 amide bonds. The minimum atomic E-state index is 0.00811. The Kier molecular flexibility index (Phi) is 5.62. The average Bonchev–Trinajstić information content (AvgIpc) is 3.13. The highest BCUT2D eigenvalue weighted by Gasteiger charge is 2.25. The Labute approximate surface area is 170 Å². The summed E-state index contributed by atoms with van der Waals surface area (Å²) in [4.78, 5) is 28.8. The molecule has 0 saturated carbocycles. The van der Waals surface area contributed by atoms with Gasteiger partial charge in [0.1, 0.15) is 0 Å². The number of carbonyl (C=O) groups is 2. The van der Waals surface area contributed by atoms with Gasteiger partial charge in [-0.2, -0.15) is 0 Å². The van der Waals surface area contributed by atoms with Gasteiger partial charge >= 0.3 is 0 Å². The lowest BCUT2D eigenvalue weighted by Gasteiger charge is -2.34. The van der Waals surface area contributed by atoms with E-state index in [1.165, 1.54) is 5.56 Å². The standard InChI is InChI=1S/C23H26N4O2/c1-24-22(28)17-25-11-13-26(14-12-25)23(29)20-16-27(15-18-7-3-2-4-8-18)21-10-6-5-9-19(20)21/h2-10,16H,11-15,17H2,1H3,(H,24,28). The molecule has 0 atom stereocenters. The van der Waals surface area contributed by atoms with Crippen LogP contribution in [0.15, 0.2) is 60.8 Å². The van der Waals surface area contributed by atoms with E-state index in [0.717, 1.165) is 23.0 Å². The van der Waals surface area contributed by atoms with E-state index in [1.807, 2.05) is 47.5 Å². The van der Waals surface area contributed by atoms with Crippen LogP contribution in [0.4, 0.5) is 0 Å². The van der Waals surface area contributed by atoms with Crippen molar-refractivity contribution in [1.29, 1.82) is 0 Å². The van der Waals surface area contributed by atoms with Gasteiger partial charge in [-0.3, -0.25) is 14.5 Å². The molecule has 1 N–H and O–H groups in total. The molecule has 1 aromatic heterocycles. The second-order valence-corrected chi connectivity index (χ2v) is 7.41. The van der Waals surface area contributed by atoms with Crippen LogP contribution in [-0.4, -0.2) is 66.0 Å². The van der Waals surface area contributed by atoms with Crippen LogP contribution in [-0.2, 0) is 11.3 Å². The number of piperazine rings is 1. The minimum absolute atomic E-state index is 0.00811. The first-order valence-electron chi connectivity index (χ1n) is 9.99. The largest absolute Gasteiger partial charge is 0.358 e. The number of hydrogen-bond donors (Lipinski definition) is 1. The third-order valence-electron chi connectivity index (χ3n) is 5.52. The zero-order chi connectivity index (χ0) is 20.2. The minimum Gasteiger partial charge on any atom is -0.358 e. The molecule has 1 fully saturated rings. The molecule has 0 unspecified atom stereocenters. The Bertz CT molecular complexity index is 1000. The molecule has 6 heteroatoms. The quantitative estimate of drug-likeness (QED) is 0.727. The number of benzene rings is 2. The number of nitrogens with one attached hydrogen (secondary N) is 1. The van der Waals surface area contributed by atoms with Crippen LogP contribution in [0.2, 0.25) is 0 Å². The smallest absolute Gasteiger partial charge is 0.256 e. The first-order valence-corrected chi connectivity index (χ1v) is 9.99. The van der Waals surface area contributed by atoms with E-state index in [0.29, 0.717) is 32.7 Å². The highest BCUT2D eigenvalue weighted by atomic mass is 16.2. The molecule has 0 bridgehead atoms. The fourth-order valence-electron chi connectivity index (χ4n) is 3.89. The predicted octanol–water partition coefficient (Wildman–Crippen LogP) is 2.19. The number of rotatable bonds is 5. The molecular formula is C23H26N4O2. The molecule has 2 heterocycles. The van der Waals surface area contributed by atoms with Gasteiger partial charge in [0.05, 0.1) is 12.1 Å². The van der Waals surface area contributed by atoms with Crippen LogP contribution in [0, 0.1) is 0 Å². The second-order valence-electron chi connectivity index (χ2n) is 7.41. The van der Waals surface area contributed by atoms with Gasteiger partial charge in [-0.1, -0.05) is 48.5 Å². The highest BCUT2D eigenvalue weighted by molar-refractivity contribution is 6.07. The average molecular weight is 390 g/mol. The normalized spacial score (nSPS) is 14.9. The summed E-state index contributed by atoms with van der Waals surface area (Å²) >= 11 is 0.